The predicted molar refractivity (Wildman–Crippen MR) is 61.8 cm³/mol. The van der Waals surface area contributed by atoms with Gasteiger partial charge >= 0.3 is 0 Å². The molecule has 0 saturated carbocycles. The van der Waals surface area contributed by atoms with Crippen LogP contribution in [0, 0.1) is 0 Å². The lowest BCUT2D eigenvalue weighted by Gasteiger charge is -2.16. The van der Waals surface area contributed by atoms with Crippen LogP contribution in [-0.2, 0) is 4.79 Å². The van der Waals surface area contributed by atoms with Gasteiger partial charge in [0.2, 0.25) is 0 Å². The molecule has 0 aromatic heterocycles. The topological polar surface area (TPSA) is 35.5 Å². The Morgan fingerprint density at radius 1 is 1.50 bits per heavy atom. The molecule has 0 bridgehead atoms. The highest BCUT2D eigenvalue weighted by Gasteiger charge is 2.11. The van der Waals surface area contributed by atoms with Crippen molar-refractivity contribution < 1.29 is 14.3 Å². The zero-order valence-corrected chi connectivity index (χ0v) is 9.23. The first-order valence-corrected chi connectivity index (χ1v) is 5.39. The van der Waals surface area contributed by atoms with E-state index in [0.29, 0.717) is 18.8 Å². The number of ether oxygens (including phenoxy) is 2. The van der Waals surface area contributed by atoms with E-state index in [9.17, 15) is 4.79 Å². The lowest BCUT2D eigenvalue weighted by molar-refractivity contribution is -0.105. The van der Waals surface area contributed by atoms with Crippen LogP contribution in [0.4, 0.5) is 0 Å². The summed E-state index contributed by atoms with van der Waals surface area (Å²) in [6, 6.07) is 5.66. The Balaban J connectivity index is 2.21. The number of rotatable bonds is 4. The molecule has 0 radical (unpaired) electrons. The molecule has 84 valence electrons. The van der Waals surface area contributed by atoms with Crippen molar-refractivity contribution in [1.29, 1.82) is 0 Å². The molecule has 0 unspecified atom stereocenters. The van der Waals surface area contributed by atoms with Gasteiger partial charge in [0.15, 0.2) is 0 Å². The molecule has 1 heterocycles. The van der Waals surface area contributed by atoms with Gasteiger partial charge in [-0.3, -0.25) is 4.79 Å². The van der Waals surface area contributed by atoms with Gasteiger partial charge in [0.25, 0.3) is 0 Å². The largest absolute Gasteiger partial charge is 0.493 e. The summed E-state index contributed by atoms with van der Waals surface area (Å²) >= 11 is 0. The first-order valence-electron chi connectivity index (χ1n) is 5.39. The molecule has 1 aromatic rings. The number of aldehydes is 1. The van der Waals surface area contributed by atoms with Crippen molar-refractivity contribution >= 4 is 12.4 Å². The highest BCUT2D eigenvalue weighted by Crippen LogP contribution is 2.29. The van der Waals surface area contributed by atoms with E-state index in [1.807, 2.05) is 24.3 Å². The summed E-state index contributed by atoms with van der Waals surface area (Å²) in [5.41, 5.74) is 1.59. The average molecular weight is 218 g/mol. The molecule has 3 nitrogen and oxygen atoms in total. The highest BCUT2D eigenvalue weighted by molar-refractivity contribution is 5.84. The molecule has 0 N–H and O–H groups in total. The normalized spacial score (nSPS) is 13.4. The molecule has 0 fully saturated rings. The van der Waals surface area contributed by atoms with Crippen molar-refractivity contribution in [1.82, 2.24) is 0 Å². The fourth-order valence-corrected chi connectivity index (χ4v) is 1.54. The Hall–Kier alpha value is -1.77. The molecular weight excluding hydrogens is 204 g/mol. The number of fused-ring (bicyclic) bond motifs is 1. The standard InChI is InChI=1S/C13H14O3/c1-2-5-15-12-4-3-11-6-10(8-14)9-16-13(11)7-12/h3-4,6-8H,2,5,9H2,1H3. The third-order valence-corrected chi connectivity index (χ3v) is 2.34. The van der Waals surface area contributed by atoms with Gasteiger partial charge in [0.1, 0.15) is 24.4 Å². The number of benzene rings is 1. The van der Waals surface area contributed by atoms with Gasteiger partial charge in [-0.25, -0.2) is 0 Å². The zero-order chi connectivity index (χ0) is 11.4. The fourth-order valence-electron chi connectivity index (χ4n) is 1.54. The summed E-state index contributed by atoms with van der Waals surface area (Å²) in [6.07, 6.45) is 3.65. The minimum atomic E-state index is 0.341. The fraction of sp³-hybridized carbons (Fsp3) is 0.308. The van der Waals surface area contributed by atoms with Crippen LogP contribution < -0.4 is 9.47 Å². The van der Waals surface area contributed by atoms with Crippen LogP contribution in [0.3, 0.4) is 0 Å². The molecule has 0 saturated heterocycles. The van der Waals surface area contributed by atoms with Gasteiger partial charge in [-0.2, -0.15) is 0 Å². The lowest BCUT2D eigenvalue weighted by atomic mass is 10.1. The Bertz CT molecular complexity index is 421. The van der Waals surface area contributed by atoms with Crippen molar-refractivity contribution in [2.45, 2.75) is 13.3 Å². The maximum absolute atomic E-state index is 10.6. The summed E-state index contributed by atoms with van der Waals surface area (Å²) in [4.78, 5) is 10.6. The molecular formula is C13H14O3. The van der Waals surface area contributed by atoms with E-state index in [2.05, 4.69) is 6.92 Å². The van der Waals surface area contributed by atoms with E-state index < -0.39 is 0 Å². The maximum Gasteiger partial charge on any atom is 0.149 e. The predicted octanol–water partition coefficient (Wildman–Crippen LogP) is 2.45. The Morgan fingerprint density at radius 2 is 2.38 bits per heavy atom. The first-order chi connectivity index (χ1) is 7.83. The summed E-state index contributed by atoms with van der Waals surface area (Å²) in [5.74, 6) is 1.59. The molecule has 0 aliphatic carbocycles. The number of carbonyl (C=O) groups excluding carboxylic acids is 1. The zero-order valence-electron chi connectivity index (χ0n) is 9.23. The van der Waals surface area contributed by atoms with Crippen LogP contribution >= 0.6 is 0 Å². The third kappa shape index (κ3) is 2.24. The van der Waals surface area contributed by atoms with Crippen molar-refractivity contribution in [3.8, 4) is 11.5 Å². The summed E-state index contributed by atoms with van der Waals surface area (Å²) < 4.78 is 11.0. The molecule has 3 heteroatoms. The number of hydrogen-bond acceptors (Lipinski definition) is 3. The van der Waals surface area contributed by atoms with Crippen molar-refractivity contribution in [3.63, 3.8) is 0 Å². The molecule has 0 amide bonds. The van der Waals surface area contributed by atoms with Crippen LogP contribution in [0.5, 0.6) is 11.5 Å². The van der Waals surface area contributed by atoms with E-state index in [1.54, 1.807) is 0 Å². The van der Waals surface area contributed by atoms with Gasteiger partial charge in [-0.05, 0) is 24.6 Å². The van der Waals surface area contributed by atoms with Gasteiger partial charge in [0.05, 0.1) is 6.61 Å². The Labute approximate surface area is 94.7 Å². The SMILES string of the molecule is CCCOc1ccc2c(c1)OCC(C=O)=C2. The second kappa shape index (κ2) is 4.84. The van der Waals surface area contributed by atoms with Crippen molar-refractivity contribution in [2.75, 3.05) is 13.2 Å². The minimum absolute atomic E-state index is 0.341. The average Bonchev–Trinajstić information content (AvgIpc) is 2.35. The molecule has 16 heavy (non-hydrogen) atoms. The van der Waals surface area contributed by atoms with Crippen molar-refractivity contribution in [3.05, 3.63) is 29.3 Å². The second-order valence-corrected chi connectivity index (χ2v) is 3.67. The van der Waals surface area contributed by atoms with Crippen LogP contribution in [0.25, 0.3) is 6.08 Å². The monoisotopic (exact) mass is 218 g/mol. The van der Waals surface area contributed by atoms with Gasteiger partial charge in [-0.1, -0.05) is 6.92 Å². The summed E-state index contributed by atoms with van der Waals surface area (Å²) in [7, 11) is 0. The van der Waals surface area contributed by atoms with Crippen molar-refractivity contribution in [2.24, 2.45) is 0 Å². The molecule has 0 spiro atoms. The van der Waals surface area contributed by atoms with E-state index in [4.69, 9.17) is 9.47 Å². The van der Waals surface area contributed by atoms with Crippen LogP contribution in [0.2, 0.25) is 0 Å². The summed E-state index contributed by atoms with van der Waals surface area (Å²) in [6.45, 7) is 3.11. The lowest BCUT2D eigenvalue weighted by Crippen LogP contribution is -2.08. The maximum atomic E-state index is 10.6. The molecule has 2 rings (SSSR count). The molecule has 1 aromatic carbocycles. The second-order valence-electron chi connectivity index (χ2n) is 3.67. The molecule has 1 aliphatic heterocycles. The minimum Gasteiger partial charge on any atom is -0.493 e. The molecule has 0 atom stereocenters. The van der Waals surface area contributed by atoms with E-state index >= 15 is 0 Å². The highest BCUT2D eigenvalue weighted by atomic mass is 16.5. The van der Waals surface area contributed by atoms with E-state index in [0.717, 1.165) is 29.8 Å². The quantitative estimate of drug-likeness (QED) is 0.728. The smallest absolute Gasteiger partial charge is 0.149 e. The Morgan fingerprint density at radius 3 is 3.12 bits per heavy atom. The van der Waals surface area contributed by atoms with Crippen LogP contribution in [0.1, 0.15) is 18.9 Å². The van der Waals surface area contributed by atoms with Crippen LogP contribution in [-0.4, -0.2) is 19.5 Å². The van der Waals surface area contributed by atoms with Gasteiger partial charge < -0.3 is 9.47 Å². The van der Waals surface area contributed by atoms with E-state index in [-0.39, 0.29) is 0 Å². The Kier molecular flexibility index (Phi) is 3.25. The first kappa shape index (κ1) is 10.7. The number of hydrogen-bond donors (Lipinski definition) is 0. The third-order valence-electron chi connectivity index (χ3n) is 2.34. The summed E-state index contributed by atoms with van der Waals surface area (Å²) in [5, 5.41) is 0. The van der Waals surface area contributed by atoms with Crippen LogP contribution in [0.15, 0.2) is 23.8 Å². The van der Waals surface area contributed by atoms with Gasteiger partial charge in [-0.15, -0.1) is 0 Å². The van der Waals surface area contributed by atoms with E-state index in [1.165, 1.54) is 0 Å². The molecule has 1 aliphatic rings. The van der Waals surface area contributed by atoms with Gasteiger partial charge in [0, 0.05) is 17.2 Å². The number of carbonyl (C=O) groups is 1.